The van der Waals surface area contributed by atoms with Crippen molar-refractivity contribution in [3.63, 3.8) is 0 Å². The van der Waals surface area contributed by atoms with Gasteiger partial charge in [-0.25, -0.2) is 0 Å². The SMILES string of the molecule is Cc1ccc2c(c1)c1cc(Br)ccc1n2-c1ccccc1. The molecule has 0 bridgehead atoms. The van der Waals surface area contributed by atoms with E-state index in [9.17, 15) is 0 Å². The molecular formula is C19H14BrN. The fourth-order valence-electron chi connectivity index (χ4n) is 2.96. The minimum atomic E-state index is 1.11. The van der Waals surface area contributed by atoms with Gasteiger partial charge in [0.05, 0.1) is 11.0 Å². The second-order valence-corrected chi connectivity index (χ2v) is 6.27. The molecule has 0 aliphatic carbocycles. The maximum Gasteiger partial charge on any atom is 0.0541 e. The molecule has 1 nitrogen and oxygen atoms in total. The molecule has 0 radical (unpaired) electrons. The van der Waals surface area contributed by atoms with E-state index < -0.39 is 0 Å². The summed E-state index contributed by atoms with van der Waals surface area (Å²) in [7, 11) is 0. The van der Waals surface area contributed by atoms with Crippen LogP contribution in [0.25, 0.3) is 27.5 Å². The molecule has 2 heteroatoms. The molecule has 1 heterocycles. The summed E-state index contributed by atoms with van der Waals surface area (Å²) in [6.45, 7) is 2.14. The first kappa shape index (κ1) is 12.7. The smallest absolute Gasteiger partial charge is 0.0541 e. The van der Waals surface area contributed by atoms with Crippen molar-refractivity contribution in [2.24, 2.45) is 0 Å². The third-order valence-corrected chi connectivity index (χ3v) is 4.39. The lowest BCUT2D eigenvalue weighted by molar-refractivity contribution is 1.18. The number of rotatable bonds is 1. The lowest BCUT2D eigenvalue weighted by Crippen LogP contribution is -1.92. The van der Waals surface area contributed by atoms with Crippen LogP contribution in [0, 0.1) is 6.92 Å². The summed E-state index contributed by atoms with van der Waals surface area (Å²) in [5.41, 5.74) is 4.98. The quantitative estimate of drug-likeness (QED) is 0.411. The maximum absolute atomic E-state index is 3.59. The second kappa shape index (κ2) is 4.74. The van der Waals surface area contributed by atoms with Crippen molar-refractivity contribution < 1.29 is 0 Å². The lowest BCUT2D eigenvalue weighted by atomic mass is 10.1. The van der Waals surface area contributed by atoms with E-state index >= 15 is 0 Å². The van der Waals surface area contributed by atoms with Crippen LogP contribution >= 0.6 is 15.9 Å². The molecule has 0 fully saturated rings. The zero-order chi connectivity index (χ0) is 14.4. The van der Waals surface area contributed by atoms with Crippen LogP contribution in [0.3, 0.4) is 0 Å². The molecule has 102 valence electrons. The molecule has 0 aliphatic rings. The first-order valence-corrected chi connectivity index (χ1v) is 7.79. The average Bonchev–Trinajstić information content (AvgIpc) is 2.81. The molecule has 0 atom stereocenters. The maximum atomic E-state index is 3.59. The molecule has 0 N–H and O–H groups in total. The fourth-order valence-corrected chi connectivity index (χ4v) is 3.33. The van der Waals surface area contributed by atoms with Gasteiger partial charge < -0.3 is 4.57 Å². The number of benzene rings is 3. The Bertz CT molecular complexity index is 892. The number of hydrogen-bond donors (Lipinski definition) is 0. The summed E-state index contributed by atoms with van der Waals surface area (Å²) in [6.07, 6.45) is 0. The number of aryl methyl sites for hydroxylation is 1. The van der Waals surface area contributed by atoms with Gasteiger partial charge in [-0.3, -0.25) is 0 Å². The Labute approximate surface area is 132 Å². The van der Waals surface area contributed by atoms with E-state index in [2.05, 4.69) is 94.2 Å². The third-order valence-electron chi connectivity index (χ3n) is 3.90. The molecule has 0 saturated carbocycles. The normalized spacial score (nSPS) is 11.3. The highest BCUT2D eigenvalue weighted by atomic mass is 79.9. The van der Waals surface area contributed by atoms with Crippen LogP contribution < -0.4 is 0 Å². The number of halogens is 1. The first-order valence-electron chi connectivity index (χ1n) is 7.00. The molecule has 21 heavy (non-hydrogen) atoms. The van der Waals surface area contributed by atoms with Gasteiger partial charge >= 0.3 is 0 Å². The number of aromatic nitrogens is 1. The predicted octanol–water partition coefficient (Wildman–Crippen LogP) is 5.85. The molecule has 0 saturated heterocycles. The van der Waals surface area contributed by atoms with E-state index in [1.165, 1.54) is 33.1 Å². The molecule has 1 aromatic heterocycles. The highest BCUT2D eigenvalue weighted by Gasteiger charge is 2.12. The van der Waals surface area contributed by atoms with Crippen molar-refractivity contribution in [2.45, 2.75) is 6.92 Å². The van der Waals surface area contributed by atoms with E-state index in [4.69, 9.17) is 0 Å². The molecule has 3 aromatic carbocycles. The van der Waals surface area contributed by atoms with Crippen LogP contribution in [0.5, 0.6) is 0 Å². The van der Waals surface area contributed by atoms with Gasteiger partial charge in [0.15, 0.2) is 0 Å². The van der Waals surface area contributed by atoms with Crippen LogP contribution in [-0.2, 0) is 0 Å². The van der Waals surface area contributed by atoms with Gasteiger partial charge in [0.1, 0.15) is 0 Å². The minimum absolute atomic E-state index is 1.11. The Morgan fingerprint density at radius 2 is 1.43 bits per heavy atom. The molecule has 0 spiro atoms. The van der Waals surface area contributed by atoms with Crippen molar-refractivity contribution in [2.75, 3.05) is 0 Å². The van der Waals surface area contributed by atoms with Crippen molar-refractivity contribution in [1.82, 2.24) is 4.57 Å². The average molecular weight is 336 g/mol. The van der Waals surface area contributed by atoms with Crippen LogP contribution in [0.4, 0.5) is 0 Å². The lowest BCUT2D eigenvalue weighted by Gasteiger charge is -2.07. The van der Waals surface area contributed by atoms with Crippen LogP contribution in [-0.4, -0.2) is 4.57 Å². The standard InChI is InChI=1S/C19H14BrN/c1-13-7-9-18-16(11-13)17-12-14(20)8-10-19(17)21(18)15-5-3-2-4-6-15/h2-12H,1H3. The van der Waals surface area contributed by atoms with Crippen LogP contribution in [0.15, 0.2) is 71.2 Å². The van der Waals surface area contributed by atoms with E-state index in [-0.39, 0.29) is 0 Å². The summed E-state index contributed by atoms with van der Waals surface area (Å²) in [5.74, 6) is 0. The predicted molar refractivity (Wildman–Crippen MR) is 93.2 cm³/mol. The van der Waals surface area contributed by atoms with Gasteiger partial charge in [0, 0.05) is 20.9 Å². The van der Waals surface area contributed by atoms with E-state index in [0.717, 1.165) is 4.47 Å². The fraction of sp³-hybridized carbons (Fsp3) is 0.0526. The van der Waals surface area contributed by atoms with E-state index in [0.29, 0.717) is 0 Å². The summed E-state index contributed by atoms with van der Waals surface area (Å²) in [4.78, 5) is 0. The zero-order valence-electron chi connectivity index (χ0n) is 11.7. The van der Waals surface area contributed by atoms with Crippen LogP contribution in [0.1, 0.15) is 5.56 Å². The van der Waals surface area contributed by atoms with Gasteiger partial charge in [-0.1, -0.05) is 45.8 Å². The summed E-state index contributed by atoms with van der Waals surface area (Å²) in [6, 6.07) is 23.7. The largest absolute Gasteiger partial charge is 0.309 e. The highest BCUT2D eigenvalue weighted by molar-refractivity contribution is 9.10. The van der Waals surface area contributed by atoms with Crippen molar-refractivity contribution in [1.29, 1.82) is 0 Å². The Morgan fingerprint density at radius 3 is 2.19 bits per heavy atom. The molecule has 4 aromatic rings. The molecular weight excluding hydrogens is 322 g/mol. The number of hydrogen-bond acceptors (Lipinski definition) is 0. The molecule has 4 rings (SSSR count). The number of fused-ring (bicyclic) bond motifs is 3. The minimum Gasteiger partial charge on any atom is -0.309 e. The summed E-state index contributed by atoms with van der Waals surface area (Å²) < 4.78 is 3.44. The van der Waals surface area contributed by atoms with Crippen molar-refractivity contribution in [3.05, 3.63) is 76.8 Å². The van der Waals surface area contributed by atoms with Gasteiger partial charge in [-0.05, 0) is 49.4 Å². The first-order chi connectivity index (χ1) is 10.2. The second-order valence-electron chi connectivity index (χ2n) is 5.35. The zero-order valence-corrected chi connectivity index (χ0v) is 13.3. The molecule has 0 unspecified atom stereocenters. The van der Waals surface area contributed by atoms with Crippen LogP contribution in [0.2, 0.25) is 0 Å². The summed E-state index contributed by atoms with van der Waals surface area (Å²) >= 11 is 3.59. The Hall–Kier alpha value is -2.06. The Kier molecular flexibility index (Phi) is 2.86. The van der Waals surface area contributed by atoms with Gasteiger partial charge in [0.25, 0.3) is 0 Å². The van der Waals surface area contributed by atoms with Gasteiger partial charge in [-0.15, -0.1) is 0 Å². The van der Waals surface area contributed by atoms with Gasteiger partial charge in [0.2, 0.25) is 0 Å². The number of para-hydroxylation sites is 1. The Balaban J connectivity index is 2.22. The molecule has 0 aliphatic heterocycles. The van der Waals surface area contributed by atoms with E-state index in [1.54, 1.807) is 0 Å². The number of nitrogens with zero attached hydrogens (tertiary/aromatic N) is 1. The van der Waals surface area contributed by atoms with Crippen molar-refractivity contribution in [3.8, 4) is 5.69 Å². The highest BCUT2D eigenvalue weighted by Crippen LogP contribution is 2.34. The third kappa shape index (κ3) is 1.98. The van der Waals surface area contributed by atoms with Gasteiger partial charge in [-0.2, -0.15) is 0 Å². The molecule has 0 amide bonds. The van der Waals surface area contributed by atoms with Crippen molar-refractivity contribution >= 4 is 37.7 Å². The monoisotopic (exact) mass is 335 g/mol. The van der Waals surface area contributed by atoms with E-state index in [1.807, 2.05) is 0 Å². The Morgan fingerprint density at radius 1 is 0.762 bits per heavy atom. The topological polar surface area (TPSA) is 4.93 Å². The summed E-state index contributed by atoms with van der Waals surface area (Å²) in [5, 5.41) is 2.59.